The van der Waals surface area contributed by atoms with Crippen molar-refractivity contribution in [2.75, 3.05) is 6.54 Å². The molecule has 1 aliphatic rings. The van der Waals surface area contributed by atoms with Crippen LogP contribution >= 0.6 is 11.6 Å². The van der Waals surface area contributed by atoms with E-state index in [9.17, 15) is 9.90 Å². The molecular formula is C20H25ClN2O3. The molecule has 1 N–H and O–H groups in total. The summed E-state index contributed by atoms with van der Waals surface area (Å²) < 4.78 is 5.36. The van der Waals surface area contributed by atoms with Gasteiger partial charge in [-0.2, -0.15) is 0 Å². The fourth-order valence-electron chi connectivity index (χ4n) is 3.70. The number of hydrogen-bond donors (Lipinski definition) is 1. The van der Waals surface area contributed by atoms with Gasteiger partial charge in [-0.25, -0.2) is 0 Å². The summed E-state index contributed by atoms with van der Waals surface area (Å²) in [7, 11) is 0. The molecule has 1 aromatic carbocycles. The molecule has 0 aliphatic heterocycles. The molecule has 0 spiro atoms. The number of hydrogen-bond acceptors (Lipinski definition) is 4. The molecular weight excluding hydrogens is 352 g/mol. The van der Waals surface area contributed by atoms with Crippen LogP contribution in [0.5, 0.6) is 0 Å². The van der Waals surface area contributed by atoms with Gasteiger partial charge in [-0.05, 0) is 38.8 Å². The average Bonchev–Trinajstić information content (AvgIpc) is 3.09. The van der Waals surface area contributed by atoms with Crippen molar-refractivity contribution in [2.24, 2.45) is 0 Å². The normalized spacial score (nSPS) is 16.5. The van der Waals surface area contributed by atoms with E-state index < -0.39 is 6.10 Å². The lowest BCUT2D eigenvalue weighted by Crippen LogP contribution is -2.41. The third-order valence-corrected chi connectivity index (χ3v) is 5.30. The lowest BCUT2D eigenvalue weighted by molar-refractivity contribution is 0.0637. The van der Waals surface area contributed by atoms with Gasteiger partial charge in [0.25, 0.3) is 5.91 Å². The Hall–Kier alpha value is -1.85. The maximum absolute atomic E-state index is 13.4. The van der Waals surface area contributed by atoms with E-state index in [0.29, 0.717) is 22.8 Å². The van der Waals surface area contributed by atoms with Crippen molar-refractivity contribution in [2.45, 2.75) is 58.1 Å². The Morgan fingerprint density at radius 3 is 2.54 bits per heavy atom. The SMILES string of the molecule is CCN(C(=O)c1c(-c2ccc(Cl)cc2)noc1[C@H](C)O)C1CCCCC1. The summed E-state index contributed by atoms with van der Waals surface area (Å²) in [5.74, 6) is 0.0932. The van der Waals surface area contributed by atoms with E-state index in [4.69, 9.17) is 16.1 Å². The van der Waals surface area contributed by atoms with E-state index in [-0.39, 0.29) is 17.7 Å². The zero-order valence-corrected chi connectivity index (χ0v) is 16.0. The summed E-state index contributed by atoms with van der Waals surface area (Å²) in [5.41, 5.74) is 1.56. The first-order chi connectivity index (χ1) is 12.5. The minimum Gasteiger partial charge on any atom is -0.385 e. The Morgan fingerprint density at radius 2 is 1.96 bits per heavy atom. The molecule has 1 saturated carbocycles. The average molecular weight is 377 g/mol. The maximum Gasteiger partial charge on any atom is 0.260 e. The number of carbonyl (C=O) groups is 1. The molecule has 0 radical (unpaired) electrons. The maximum atomic E-state index is 13.4. The highest BCUT2D eigenvalue weighted by Crippen LogP contribution is 2.33. The molecule has 140 valence electrons. The Balaban J connectivity index is 2.02. The number of benzene rings is 1. The predicted molar refractivity (Wildman–Crippen MR) is 101 cm³/mol. The quantitative estimate of drug-likeness (QED) is 0.810. The second kappa shape index (κ2) is 8.23. The van der Waals surface area contributed by atoms with E-state index in [1.54, 1.807) is 31.2 Å². The zero-order valence-electron chi connectivity index (χ0n) is 15.2. The van der Waals surface area contributed by atoms with Crippen molar-refractivity contribution in [3.8, 4) is 11.3 Å². The number of amides is 1. The monoisotopic (exact) mass is 376 g/mol. The molecule has 26 heavy (non-hydrogen) atoms. The van der Waals surface area contributed by atoms with E-state index in [1.807, 2.05) is 11.8 Å². The van der Waals surface area contributed by atoms with Gasteiger partial charge >= 0.3 is 0 Å². The summed E-state index contributed by atoms with van der Waals surface area (Å²) in [5, 5.41) is 14.8. The molecule has 1 amide bonds. The number of aliphatic hydroxyl groups is 1. The van der Waals surface area contributed by atoms with Crippen molar-refractivity contribution in [3.05, 3.63) is 40.6 Å². The lowest BCUT2D eigenvalue weighted by Gasteiger charge is -2.33. The summed E-state index contributed by atoms with van der Waals surface area (Å²) >= 11 is 5.97. The topological polar surface area (TPSA) is 66.6 Å². The number of nitrogens with zero attached hydrogens (tertiary/aromatic N) is 2. The summed E-state index contributed by atoms with van der Waals surface area (Å²) in [4.78, 5) is 15.3. The highest BCUT2D eigenvalue weighted by atomic mass is 35.5. The molecule has 1 heterocycles. The predicted octanol–water partition coefficient (Wildman–Crippen LogP) is 4.84. The van der Waals surface area contributed by atoms with Crippen molar-refractivity contribution in [1.29, 1.82) is 0 Å². The summed E-state index contributed by atoms with van der Waals surface area (Å²) in [6, 6.07) is 7.34. The Kier molecular flexibility index (Phi) is 5.99. The number of carbonyl (C=O) groups excluding carboxylic acids is 1. The molecule has 2 aromatic rings. The highest BCUT2D eigenvalue weighted by molar-refractivity contribution is 6.30. The first-order valence-electron chi connectivity index (χ1n) is 9.27. The van der Waals surface area contributed by atoms with Crippen molar-refractivity contribution >= 4 is 17.5 Å². The molecule has 1 fully saturated rings. The van der Waals surface area contributed by atoms with Crippen LogP contribution in [0.25, 0.3) is 11.3 Å². The van der Waals surface area contributed by atoms with Gasteiger partial charge in [0.15, 0.2) is 5.76 Å². The first-order valence-corrected chi connectivity index (χ1v) is 9.65. The second-order valence-corrected chi connectivity index (χ2v) is 7.27. The van der Waals surface area contributed by atoms with Crippen LogP contribution in [0.4, 0.5) is 0 Å². The van der Waals surface area contributed by atoms with Crippen molar-refractivity contribution in [1.82, 2.24) is 10.1 Å². The van der Waals surface area contributed by atoms with Crippen LogP contribution in [-0.2, 0) is 0 Å². The minimum atomic E-state index is -0.910. The van der Waals surface area contributed by atoms with E-state index >= 15 is 0 Å². The van der Waals surface area contributed by atoms with Crippen LogP contribution in [0, 0.1) is 0 Å². The molecule has 3 rings (SSSR count). The largest absolute Gasteiger partial charge is 0.385 e. The zero-order chi connectivity index (χ0) is 18.7. The number of aromatic nitrogens is 1. The van der Waals surface area contributed by atoms with E-state index in [2.05, 4.69) is 5.16 Å². The summed E-state index contributed by atoms with van der Waals surface area (Å²) in [6.07, 6.45) is 4.64. The lowest BCUT2D eigenvalue weighted by atomic mass is 9.93. The van der Waals surface area contributed by atoms with E-state index in [1.165, 1.54) is 6.42 Å². The highest BCUT2D eigenvalue weighted by Gasteiger charge is 2.32. The number of rotatable bonds is 5. The first kappa shape index (κ1) is 18.9. The van der Waals surface area contributed by atoms with Gasteiger partial charge in [0.1, 0.15) is 17.4 Å². The van der Waals surface area contributed by atoms with Gasteiger partial charge in [0, 0.05) is 23.2 Å². The Bertz CT molecular complexity index is 749. The second-order valence-electron chi connectivity index (χ2n) is 6.84. The van der Waals surface area contributed by atoms with Crippen LogP contribution in [0.3, 0.4) is 0 Å². The van der Waals surface area contributed by atoms with Gasteiger partial charge in [-0.3, -0.25) is 4.79 Å². The number of halogens is 1. The van der Waals surface area contributed by atoms with Gasteiger partial charge in [0.2, 0.25) is 0 Å². The molecule has 1 atom stereocenters. The van der Waals surface area contributed by atoms with Crippen molar-refractivity contribution < 1.29 is 14.4 Å². The Morgan fingerprint density at radius 1 is 1.31 bits per heavy atom. The molecule has 0 saturated heterocycles. The van der Waals surface area contributed by atoms with Gasteiger partial charge < -0.3 is 14.5 Å². The fraction of sp³-hybridized carbons (Fsp3) is 0.500. The van der Waals surface area contributed by atoms with Gasteiger partial charge in [-0.1, -0.05) is 48.2 Å². The third kappa shape index (κ3) is 3.79. The molecule has 6 heteroatoms. The van der Waals surface area contributed by atoms with Crippen LogP contribution in [0.15, 0.2) is 28.8 Å². The summed E-state index contributed by atoms with van der Waals surface area (Å²) in [6.45, 7) is 4.19. The molecule has 1 aromatic heterocycles. The molecule has 5 nitrogen and oxygen atoms in total. The van der Waals surface area contributed by atoms with E-state index in [0.717, 1.165) is 31.2 Å². The molecule has 0 unspecified atom stereocenters. The molecule has 1 aliphatic carbocycles. The van der Waals surface area contributed by atoms with Crippen LogP contribution in [0.2, 0.25) is 5.02 Å². The standard InChI is InChI=1S/C20H25ClN2O3/c1-3-23(16-7-5-4-6-8-16)20(25)17-18(22-26-19(17)13(2)24)14-9-11-15(21)12-10-14/h9-13,16,24H,3-8H2,1-2H3/t13-/m0/s1. The van der Waals surface area contributed by atoms with Gasteiger partial charge in [0.05, 0.1) is 0 Å². The smallest absolute Gasteiger partial charge is 0.260 e. The van der Waals surface area contributed by atoms with Gasteiger partial charge in [-0.15, -0.1) is 0 Å². The van der Waals surface area contributed by atoms with Crippen molar-refractivity contribution in [3.63, 3.8) is 0 Å². The Labute approximate surface area is 158 Å². The number of aliphatic hydroxyl groups excluding tert-OH is 1. The molecule has 0 bridgehead atoms. The fourth-order valence-corrected chi connectivity index (χ4v) is 3.83. The minimum absolute atomic E-state index is 0.124. The van der Waals surface area contributed by atoms with Crippen LogP contribution in [0.1, 0.15) is 68.2 Å². The third-order valence-electron chi connectivity index (χ3n) is 5.05. The van der Waals surface area contributed by atoms with Crippen LogP contribution < -0.4 is 0 Å². The van der Waals surface area contributed by atoms with Crippen LogP contribution in [-0.4, -0.2) is 33.7 Å².